The molecule has 3 heteroatoms. The van der Waals surface area contributed by atoms with Gasteiger partial charge < -0.3 is 10.6 Å². The van der Waals surface area contributed by atoms with Crippen molar-refractivity contribution >= 4 is 5.91 Å². The fraction of sp³-hybridized carbons (Fsp3) is 0.933. The minimum absolute atomic E-state index is 0.125. The highest BCUT2D eigenvalue weighted by Crippen LogP contribution is 2.27. The molecule has 0 saturated heterocycles. The molecule has 1 amide bonds. The van der Waals surface area contributed by atoms with E-state index < -0.39 is 0 Å². The number of rotatable bonds is 6. The molecule has 0 radical (unpaired) electrons. The molecule has 1 unspecified atom stereocenters. The van der Waals surface area contributed by atoms with Crippen molar-refractivity contribution in [2.75, 3.05) is 13.1 Å². The highest BCUT2D eigenvalue weighted by molar-refractivity contribution is 5.78. The predicted octanol–water partition coefficient (Wildman–Crippen LogP) is 2.56. The van der Waals surface area contributed by atoms with Crippen molar-refractivity contribution in [1.82, 2.24) is 10.6 Å². The molecule has 0 spiro atoms. The van der Waals surface area contributed by atoms with Gasteiger partial charge >= 0.3 is 0 Å². The smallest absolute Gasteiger partial charge is 0.234 e. The molecule has 0 aliphatic heterocycles. The van der Waals surface area contributed by atoms with E-state index in [1.54, 1.807) is 0 Å². The number of carbonyl (C=O) groups excluding carboxylic acids is 1. The van der Waals surface area contributed by atoms with Gasteiger partial charge in [0.05, 0.1) is 6.54 Å². The molecular weight excluding hydrogens is 224 g/mol. The molecule has 0 bridgehead atoms. The van der Waals surface area contributed by atoms with Crippen molar-refractivity contribution in [3.8, 4) is 0 Å². The molecule has 18 heavy (non-hydrogen) atoms. The lowest BCUT2D eigenvalue weighted by Crippen LogP contribution is -2.42. The van der Waals surface area contributed by atoms with Crippen LogP contribution >= 0.6 is 0 Å². The molecule has 0 heterocycles. The zero-order chi connectivity index (χ0) is 13.5. The largest absolute Gasteiger partial charge is 0.352 e. The molecule has 106 valence electrons. The first-order chi connectivity index (χ1) is 8.49. The first kappa shape index (κ1) is 15.5. The Bertz CT molecular complexity index is 245. The van der Waals surface area contributed by atoms with Gasteiger partial charge in [0.1, 0.15) is 0 Å². The third kappa shape index (κ3) is 5.85. The monoisotopic (exact) mass is 254 g/mol. The quantitative estimate of drug-likeness (QED) is 0.765. The zero-order valence-electron chi connectivity index (χ0n) is 12.5. The van der Waals surface area contributed by atoms with E-state index in [-0.39, 0.29) is 11.9 Å². The van der Waals surface area contributed by atoms with Crippen LogP contribution in [0, 0.1) is 17.8 Å². The Balaban J connectivity index is 2.08. The van der Waals surface area contributed by atoms with Crippen LogP contribution in [-0.2, 0) is 4.79 Å². The third-order valence-corrected chi connectivity index (χ3v) is 4.24. The summed E-state index contributed by atoms with van der Waals surface area (Å²) in [6.07, 6.45) is 5.34. The summed E-state index contributed by atoms with van der Waals surface area (Å²) in [4.78, 5) is 11.7. The molecule has 1 rings (SSSR count). The Morgan fingerprint density at radius 1 is 1.17 bits per heavy atom. The summed E-state index contributed by atoms with van der Waals surface area (Å²) in [5, 5.41) is 6.32. The summed E-state index contributed by atoms with van der Waals surface area (Å²) >= 11 is 0. The van der Waals surface area contributed by atoms with Gasteiger partial charge in [-0.2, -0.15) is 0 Å². The van der Waals surface area contributed by atoms with Crippen molar-refractivity contribution in [3.05, 3.63) is 0 Å². The fourth-order valence-corrected chi connectivity index (χ4v) is 2.39. The van der Waals surface area contributed by atoms with Crippen molar-refractivity contribution in [2.24, 2.45) is 17.8 Å². The van der Waals surface area contributed by atoms with Gasteiger partial charge in [0, 0.05) is 6.04 Å². The van der Waals surface area contributed by atoms with Crippen LogP contribution in [0.2, 0.25) is 0 Å². The van der Waals surface area contributed by atoms with Crippen LogP contribution < -0.4 is 10.6 Å². The van der Waals surface area contributed by atoms with Crippen molar-refractivity contribution < 1.29 is 4.79 Å². The molecule has 1 fully saturated rings. The normalized spacial score (nSPS) is 26.1. The molecule has 1 saturated carbocycles. The molecule has 1 aliphatic carbocycles. The second-order valence-electron chi connectivity index (χ2n) is 6.36. The number of carbonyl (C=O) groups is 1. The Morgan fingerprint density at radius 3 is 2.33 bits per heavy atom. The van der Waals surface area contributed by atoms with Gasteiger partial charge in [-0.05, 0) is 44.1 Å². The minimum atomic E-state index is 0.125. The van der Waals surface area contributed by atoms with Crippen molar-refractivity contribution in [3.63, 3.8) is 0 Å². The van der Waals surface area contributed by atoms with Crippen LogP contribution in [0.4, 0.5) is 0 Å². The first-order valence-corrected chi connectivity index (χ1v) is 7.49. The number of hydrogen-bond donors (Lipinski definition) is 2. The van der Waals surface area contributed by atoms with Crippen LogP contribution in [0.25, 0.3) is 0 Å². The summed E-state index contributed by atoms with van der Waals surface area (Å²) in [5.74, 6) is 2.29. The topological polar surface area (TPSA) is 41.1 Å². The maximum atomic E-state index is 11.7. The highest BCUT2D eigenvalue weighted by atomic mass is 16.1. The van der Waals surface area contributed by atoms with E-state index in [0.29, 0.717) is 12.5 Å². The molecular formula is C15H30N2O. The summed E-state index contributed by atoms with van der Waals surface area (Å²) in [7, 11) is 0. The van der Waals surface area contributed by atoms with E-state index in [2.05, 4.69) is 38.3 Å². The maximum absolute atomic E-state index is 11.7. The van der Waals surface area contributed by atoms with Gasteiger partial charge in [0.25, 0.3) is 0 Å². The molecule has 1 atom stereocenters. The van der Waals surface area contributed by atoms with Gasteiger partial charge in [-0.15, -0.1) is 0 Å². The van der Waals surface area contributed by atoms with Crippen LogP contribution in [-0.4, -0.2) is 25.0 Å². The number of hydrogen-bond acceptors (Lipinski definition) is 2. The van der Waals surface area contributed by atoms with E-state index in [0.717, 1.165) is 18.4 Å². The van der Waals surface area contributed by atoms with Gasteiger partial charge in [-0.3, -0.25) is 4.79 Å². The molecule has 2 N–H and O–H groups in total. The van der Waals surface area contributed by atoms with Crippen molar-refractivity contribution in [1.29, 1.82) is 0 Å². The lowest BCUT2D eigenvalue weighted by atomic mass is 9.83. The lowest BCUT2D eigenvalue weighted by molar-refractivity contribution is -0.121. The Labute approximate surface area is 112 Å². The average molecular weight is 254 g/mol. The van der Waals surface area contributed by atoms with Gasteiger partial charge in [0.15, 0.2) is 0 Å². The Kier molecular flexibility index (Phi) is 6.69. The maximum Gasteiger partial charge on any atom is 0.234 e. The first-order valence-electron chi connectivity index (χ1n) is 7.49. The SMILES string of the molecule is CC1CCC(CNCC(=O)NC(C)C(C)C)CC1. The Morgan fingerprint density at radius 2 is 1.78 bits per heavy atom. The van der Waals surface area contributed by atoms with E-state index in [1.807, 2.05) is 0 Å². The van der Waals surface area contributed by atoms with Gasteiger partial charge in [-0.1, -0.05) is 33.6 Å². The molecule has 0 aromatic carbocycles. The van der Waals surface area contributed by atoms with E-state index in [1.165, 1.54) is 25.7 Å². The minimum Gasteiger partial charge on any atom is -0.352 e. The predicted molar refractivity (Wildman–Crippen MR) is 76.4 cm³/mol. The highest BCUT2D eigenvalue weighted by Gasteiger charge is 2.18. The molecule has 1 aliphatic rings. The van der Waals surface area contributed by atoms with E-state index in [4.69, 9.17) is 0 Å². The van der Waals surface area contributed by atoms with Crippen LogP contribution in [0.15, 0.2) is 0 Å². The van der Waals surface area contributed by atoms with Crippen molar-refractivity contribution in [2.45, 2.75) is 59.4 Å². The van der Waals surface area contributed by atoms with Gasteiger partial charge in [-0.25, -0.2) is 0 Å². The molecule has 0 aromatic heterocycles. The van der Waals surface area contributed by atoms with E-state index in [9.17, 15) is 4.79 Å². The second-order valence-corrected chi connectivity index (χ2v) is 6.36. The summed E-state index contributed by atoms with van der Waals surface area (Å²) in [6, 6.07) is 0.259. The molecule has 0 aromatic rings. The second kappa shape index (κ2) is 7.78. The van der Waals surface area contributed by atoms with E-state index >= 15 is 0 Å². The zero-order valence-corrected chi connectivity index (χ0v) is 12.5. The fourth-order valence-electron chi connectivity index (χ4n) is 2.39. The average Bonchev–Trinajstić information content (AvgIpc) is 2.31. The molecule has 3 nitrogen and oxygen atoms in total. The van der Waals surface area contributed by atoms with Gasteiger partial charge in [0.2, 0.25) is 5.91 Å². The third-order valence-electron chi connectivity index (χ3n) is 4.24. The number of amides is 1. The standard InChI is InChI=1S/C15H30N2O/c1-11(2)13(4)17-15(18)10-16-9-14-7-5-12(3)6-8-14/h11-14,16H,5-10H2,1-4H3,(H,17,18). The Hall–Kier alpha value is -0.570. The van der Waals surface area contributed by atoms with Crippen LogP contribution in [0.5, 0.6) is 0 Å². The summed E-state index contributed by atoms with van der Waals surface area (Å²) in [5.41, 5.74) is 0. The number of nitrogens with one attached hydrogen (secondary N) is 2. The van der Waals surface area contributed by atoms with Crippen LogP contribution in [0.1, 0.15) is 53.4 Å². The van der Waals surface area contributed by atoms with Crippen LogP contribution in [0.3, 0.4) is 0 Å². The summed E-state index contributed by atoms with van der Waals surface area (Å²) < 4.78 is 0. The lowest BCUT2D eigenvalue weighted by Gasteiger charge is -2.26. The summed E-state index contributed by atoms with van der Waals surface area (Å²) in [6.45, 7) is 10.1.